The smallest absolute Gasteiger partial charge is 0.406 e. The molecule has 34 heavy (non-hydrogen) atoms. The quantitative estimate of drug-likeness (QED) is 0.576. The lowest BCUT2D eigenvalue weighted by atomic mass is 9.89. The van der Waals surface area contributed by atoms with Gasteiger partial charge < -0.3 is 15.4 Å². The maximum absolute atomic E-state index is 13.9. The SMILES string of the molecule is CC1=C(C(=O)Nc2ccccc2OC(C)C)C(=O)N2NC(C(F)(F)F)C(c3ccccc3)C2N1. The van der Waals surface area contributed by atoms with Gasteiger partial charge in [-0.25, -0.2) is 10.4 Å². The van der Waals surface area contributed by atoms with Gasteiger partial charge in [0.25, 0.3) is 11.8 Å². The summed E-state index contributed by atoms with van der Waals surface area (Å²) in [6.07, 6.45) is -5.79. The number of nitrogens with zero attached hydrogens (tertiary/aromatic N) is 1. The molecule has 7 nitrogen and oxygen atoms in total. The Morgan fingerprint density at radius 2 is 1.74 bits per heavy atom. The third-order valence-corrected chi connectivity index (χ3v) is 5.69. The summed E-state index contributed by atoms with van der Waals surface area (Å²) in [6, 6.07) is 12.9. The molecule has 2 aromatic rings. The zero-order valence-electron chi connectivity index (χ0n) is 18.8. The third-order valence-electron chi connectivity index (χ3n) is 5.69. The van der Waals surface area contributed by atoms with E-state index in [-0.39, 0.29) is 17.4 Å². The number of nitrogens with one attached hydrogen (secondary N) is 3. The van der Waals surface area contributed by atoms with Crippen molar-refractivity contribution in [2.24, 2.45) is 0 Å². The average Bonchev–Trinajstić information content (AvgIpc) is 3.15. The highest BCUT2D eigenvalue weighted by Gasteiger charge is 2.58. The molecule has 2 heterocycles. The van der Waals surface area contributed by atoms with E-state index in [1.54, 1.807) is 54.6 Å². The largest absolute Gasteiger partial charge is 0.489 e. The molecule has 3 N–H and O–H groups in total. The van der Waals surface area contributed by atoms with Gasteiger partial charge in [0, 0.05) is 5.70 Å². The van der Waals surface area contributed by atoms with E-state index in [1.165, 1.54) is 6.92 Å². The lowest BCUT2D eigenvalue weighted by Gasteiger charge is -2.34. The van der Waals surface area contributed by atoms with Crippen LogP contribution in [-0.4, -0.2) is 41.3 Å². The topological polar surface area (TPSA) is 82.7 Å². The van der Waals surface area contributed by atoms with Gasteiger partial charge in [-0.2, -0.15) is 13.2 Å². The normalized spacial score (nSPS) is 22.5. The van der Waals surface area contributed by atoms with Crippen LogP contribution in [0.25, 0.3) is 0 Å². The van der Waals surface area contributed by atoms with Crippen molar-refractivity contribution in [1.29, 1.82) is 0 Å². The molecular formula is C24H25F3N4O3. The highest BCUT2D eigenvalue weighted by atomic mass is 19.4. The maximum atomic E-state index is 13.9. The number of allylic oxidation sites excluding steroid dienone is 1. The van der Waals surface area contributed by atoms with Crippen LogP contribution in [0.2, 0.25) is 0 Å². The second-order valence-electron chi connectivity index (χ2n) is 8.47. The molecule has 2 aromatic carbocycles. The molecule has 1 saturated heterocycles. The minimum Gasteiger partial charge on any atom is -0.489 e. The molecule has 0 saturated carbocycles. The summed E-state index contributed by atoms with van der Waals surface area (Å²) in [5.41, 5.74) is 2.98. The number of hydrogen-bond donors (Lipinski definition) is 3. The molecule has 0 bridgehead atoms. The van der Waals surface area contributed by atoms with Gasteiger partial charge in [0.15, 0.2) is 0 Å². The van der Waals surface area contributed by atoms with Crippen molar-refractivity contribution in [3.05, 3.63) is 71.4 Å². The molecule has 10 heteroatoms. The van der Waals surface area contributed by atoms with Gasteiger partial charge >= 0.3 is 6.18 Å². The maximum Gasteiger partial charge on any atom is 0.406 e. The van der Waals surface area contributed by atoms with Crippen LogP contribution in [-0.2, 0) is 9.59 Å². The van der Waals surface area contributed by atoms with Crippen LogP contribution in [0.4, 0.5) is 18.9 Å². The number of hydrazine groups is 1. The summed E-state index contributed by atoms with van der Waals surface area (Å²) < 4.78 is 47.4. The lowest BCUT2D eigenvalue weighted by molar-refractivity contribution is -0.161. The fraction of sp³-hybridized carbons (Fsp3) is 0.333. The third kappa shape index (κ3) is 4.45. The first kappa shape index (κ1) is 23.6. The first-order valence-electron chi connectivity index (χ1n) is 10.8. The minimum absolute atomic E-state index is 0.152. The van der Waals surface area contributed by atoms with Gasteiger partial charge in [-0.15, -0.1) is 0 Å². The monoisotopic (exact) mass is 474 g/mol. The number of fused-ring (bicyclic) bond motifs is 1. The van der Waals surface area contributed by atoms with Crippen molar-refractivity contribution in [1.82, 2.24) is 15.8 Å². The second-order valence-corrected chi connectivity index (χ2v) is 8.47. The molecule has 3 unspecified atom stereocenters. The Hall–Kier alpha value is -3.53. The molecule has 2 aliphatic heterocycles. The van der Waals surface area contributed by atoms with Crippen LogP contribution in [0, 0.1) is 0 Å². The Morgan fingerprint density at radius 1 is 1.09 bits per heavy atom. The van der Waals surface area contributed by atoms with Crippen LogP contribution >= 0.6 is 0 Å². The van der Waals surface area contributed by atoms with Gasteiger partial charge in [-0.1, -0.05) is 42.5 Å². The number of amides is 2. The molecule has 0 radical (unpaired) electrons. The second kappa shape index (κ2) is 9.02. The van der Waals surface area contributed by atoms with E-state index in [0.717, 1.165) is 5.01 Å². The molecule has 3 atom stereocenters. The van der Waals surface area contributed by atoms with E-state index in [9.17, 15) is 22.8 Å². The number of carbonyl (C=O) groups is 2. The van der Waals surface area contributed by atoms with Crippen LogP contribution < -0.4 is 20.8 Å². The van der Waals surface area contributed by atoms with E-state index in [4.69, 9.17) is 4.74 Å². The predicted molar refractivity (Wildman–Crippen MR) is 119 cm³/mol. The number of benzene rings is 2. The molecule has 0 aromatic heterocycles. The predicted octanol–water partition coefficient (Wildman–Crippen LogP) is 3.68. The van der Waals surface area contributed by atoms with Crippen LogP contribution in [0.3, 0.4) is 0 Å². The summed E-state index contributed by atoms with van der Waals surface area (Å²) in [5.74, 6) is -2.28. The van der Waals surface area contributed by atoms with Crippen molar-refractivity contribution in [2.75, 3.05) is 5.32 Å². The average molecular weight is 474 g/mol. The number of alkyl halides is 3. The van der Waals surface area contributed by atoms with Crippen LogP contribution in [0.15, 0.2) is 65.9 Å². The Labute approximate surface area is 194 Å². The first-order valence-corrected chi connectivity index (χ1v) is 10.8. The highest BCUT2D eigenvalue weighted by molar-refractivity contribution is 6.23. The number of halogens is 3. The molecule has 1 fully saturated rings. The Balaban J connectivity index is 1.64. The molecule has 4 rings (SSSR count). The zero-order chi connectivity index (χ0) is 24.6. The molecular weight excluding hydrogens is 449 g/mol. The van der Waals surface area contributed by atoms with Gasteiger partial charge in [0.1, 0.15) is 23.5 Å². The highest BCUT2D eigenvalue weighted by Crippen LogP contribution is 2.41. The number of carbonyl (C=O) groups excluding carboxylic acids is 2. The molecule has 2 aliphatic rings. The summed E-state index contributed by atoms with van der Waals surface area (Å²) in [5, 5.41) is 6.47. The number of rotatable bonds is 5. The van der Waals surface area contributed by atoms with E-state index in [0.29, 0.717) is 17.0 Å². The molecule has 180 valence electrons. The van der Waals surface area contributed by atoms with Crippen molar-refractivity contribution in [2.45, 2.75) is 51.2 Å². The summed E-state index contributed by atoms with van der Waals surface area (Å²) in [7, 11) is 0. The number of ether oxygens (including phenoxy) is 1. The Kier molecular flexibility index (Phi) is 6.26. The van der Waals surface area contributed by atoms with E-state index < -0.39 is 36.1 Å². The van der Waals surface area contributed by atoms with Gasteiger partial charge in [0.05, 0.1) is 17.7 Å². The van der Waals surface area contributed by atoms with Crippen molar-refractivity contribution in [3.63, 3.8) is 0 Å². The zero-order valence-corrected chi connectivity index (χ0v) is 18.8. The van der Waals surface area contributed by atoms with E-state index >= 15 is 0 Å². The minimum atomic E-state index is -4.62. The molecule has 0 aliphatic carbocycles. The fourth-order valence-corrected chi connectivity index (χ4v) is 4.27. The van der Waals surface area contributed by atoms with Crippen LogP contribution in [0.5, 0.6) is 5.75 Å². The first-order chi connectivity index (χ1) is 16.1. The Bertz CT molecular complexity index is 1120. The van der Waals surface area contributed by atoms with E-state index in [1.807, 2.05) is 13.8 Å². The van der Waals surface area contributed by atoms with Crippen molar-refractivity contribution in [3.8, 4) is 5.75 Å². The standard InChI is InChI=1S/C24H25F3N4O3/c1-13(2)34-17-12-8-7-11-16(17)29-22(32)18-14(3)28-21-19(15-9-5-4-6-10-15)20(24(25,26)27)30-31(21)23(18)33/h4-13,19-21,28,30H,1-3H3,(H,29,32). The summed E-state index contributed by atoms with van der Waals surface area (Å²) in [6.45, 7) is 5.17. The van der Waals surface area contributed by atoms with Crippen molar-refractivity contribution >= 4 is 17.5 Å². The van der Waals surface area contributed by atoms with E-state index in [2.05, 4.69) is 16.1 Å². The summed E-state index contributed by atoms with van der Waals surface area (Å²) in [4.78, 5) is 26.4. The number of anilines is 1. The molecule has 0 spiro atoms. The van der Waals surface area contributed by atoms with Crippen molar-refractivity contribution < 1.29 is 27.5 Å². The summed E-state index contributed by atoms with van der Waals surface area (Å²) >= 11 is 0. The van der Waals surface area contributed by atoms with Gasteiger partial charge in [0.2, 0.25) is 0 Å². The van der Waals surface area contributed by atoms with Crippen LogP contribution in [0.1, 0.15) is 32.3 Å². The Morgan fingerprint density at radius 3 is 2.38 bits per heavy atom. The van der Waals surface area contributed by atoms with Gasteiger partial charge in [-0.3, -0.25) is 9.59 Å². The van der Waals surface area contributed by atoms with Gasteiger partial charge in [-0.05, 0) is 38.5 Å². The lowest BCUT2D eigenvalue weighted by Crippen LogP contribution is -2.56. The number of para-hydroxylation sites is 2. The fourth-order valence-electron chi connectivity index (χ4n) is 4.27. The number of hydrogen-bond acceptors (Lipinski definition) is 5. The molecule has 2 amide bonds.